The van der Waals surface area contributed by atoms with Crippen molar-refractivity contribution < 1.29 is 4.79 Å². The summed E-state index contributed by atoms with van der Waals surface area (Å²) >= 11 is 0. The Morgan fingerprint density at radius 2 is 2.36 bits per heavy atom. The van der Waals surface area contributed by atoms with Crippen molar-refractivity contribution in [3.8, 4) is 0 Å². The minimum atomic E-state index is -0.639. The van der Waals surface area contributed by atoms with E-state index in [1.54, 1.807) is 7.05 Å². The second-order valence-corrected chi connectivity index (χ2v) is 2.04. The zero-order chi connectivity index (χ0) is 8.43. The van der Waals surface area contributed by atoms with Crippen LogP contribution in [0, 0.1) is 0 Å². The summed E-state index contributed by atoms with van der Waals surface area (Å²) in [5.74, 6) is -0.0907. The van der Waals surface area contributed by atoms with Crippen LogP contribution in [-0.2, 0) is 13.6 Å². The Kier molecular flexibility index (Phi) is 1.86. The van der Waals surface area contributed by atoms with Gasteiger partial charge in [-0.25, -0.2) is 4.98 Å². The van der Waals surface area contributed by atoms with Gasteiger partial charge in [0, 0.05) is 7.05 Å². The van der Waals surface area contributed by atoms with Crippen molar-refractivity contribution in [2.45, 2.75) is 6.54 Å². The van der Waals surface area contributed by atoms with Crippen molar-refractivity contribution in [3.63, 3.8) is 0 Å². The molecule has 60 valence electrons. The van der Waals surface area contributed by atoms with Gasteiger partial charge in [0.05, 0.1) is 6.54 Å². The highest BCUT2D eigenvalue weighted by Crippen LogP contribution is 1.93. The standard InChI is InChI=1S/C5H9N5O/c1-10-3(2-6)8-5(9-10)4(7)11/h2,6H2,1H3,(H2,7,11). The average molecular weight is 155 g/mol. The maximum Gasteiger partial charge on any atom is 0.288 e. The molecule has 0 saturated heterocycles. The number of aryl methyl sites for hydroxylation is 1. The predicted molar refractivity (Wildman–Crippen MR) is 37.4 cm³/mol. The molecule has 0 aromatic carbocycles. The summed E-state index contributed by atoms with van der Waals surface area (Å²) in [5, 5.41) is 3.73. The number of primary amides is 1. The third kappa shape index (κ3) is 1.35. The number of amides is 1. The van der Waals surface area contributed by atoms with Gasteiger partial charge in [-0.05, 0) is 0 Å². The van der Waals surface area contributed by atoms with Crippen LogP contribution in [0.1, 0.15) is 16.4 Å². The van der Waals surface area contributed by atoms with Crippen LogP contribution < -0.4 is 11.5 Å². The highest BCUT2D eigenvalue weighted by Gasteiger charge is 2.09. The molecule has 0 bridgehead atoms. The number of carbonyl (C=O) groups excluding carboxylic acids is 1. The fraction of sp³-hybridized carbons (Fsp3) is 0.400. The van der Waals surface area contributed by atoms with E-state index >= 15 is 0 Å². The lowest BCUT2D eigenvalue weighted by atomic mass is 10.6. The van der Waals surface area contributed by atoms with Crippen molar-refractivity contribution >= 4 is 5.91 Å². The van der Waals surface area contributed by atoms with E-state index in [0.717, 1.165) is 0 Å². The van der Waals surface area contributed by atoms with Crippen LogP contribution in [0.4, 0.5) is 0 Å². The largest absolute Gasteiger partial charge is 0.363 e. The van der Waals surface area contributed by atoms with Gasteiger partial charge in [-0.1, -0.05) is 0 Å². The van der Waals surface area contributed by atoms with Crippen molar-refractivity contribution in [1.82, 2.24) is 14.8 Å². The van der Waals surface area contributed by atoms with Crippen LogP contribution in [0.3, 0.4) is 0 Å². The third-order valence-corrected chi connectivity index (χ3v) is 1.26. The summed E-state index contributed by atoms with van der Waals surface area (Å²) < 4.78 is 1.43. The van der Waals surface area contributed by atoms with Gasteiger partial charge in [0.15, 0.2) is 0 Å². The summed E-state index contributed by atoms with van der Waals surface area (Å²) in [4.78, 5) is 14.3. The van der Waals surface area contributed by atoms with Crippen LogP contribution in [-0.4, -0.2) is 20.7 Å². The molecule has 1 amide bonds. The molecule has 11 heavy (non-hydrogen) atoms. The van der Waals surface area contributed by atoms with Crippen molar-refractivity contribution in [2.24, 2.45) is 18.5 Å². The fourth-order valence-electron chi connectivity index (χ4n) is 0.699. The molecule has 1 rings (SSSR count). The van der Waals surface area contributed by atoms with Gasteiger partial charge in [-0.15, -0.1) is 5.10 Å². The second-order valence-electron chi connectivity index (χ2n) is 2.04. The lowest BCUT2D eigenvalue weighted by Crippen LogP contribution is -2.13. The maximum atomic E-state index is 10.5. The molecule has 0 atom stereocenters. The number of aromatic nitrogens is 3. The van der Waals surface area contributed by atoms with Crippen molar-refractivity contribution in [1.29, 1.82) is 0 Å². The number of hydrogen-bond donors (Lipinski definition) is 2. The van der Waals surface area contributed by atoms with Crippen molar-refractivity contribution in [2.75, 3.05) is 0 Å². The summed E-state index contributed by atoms with van der Waals surface area (Å²) in [6.07, 6.45) is 0. The van der Waals surface area contributed by atoms with Crippen LogP contribution in [0.2, 0.25) is 0 Å². The van der Waals surface area contributed by atoms with E-state index in [2.05, 4.69) is 10.1 Å². The van der Waals surface area contributed by atoms with Gasteiger partial charge in [0.2, 0.25) is 5.82 Å². The zero-order valence-electron chi connectivity index (χ0n) is 6.11. The highest BCUT2D eigenvalue weighted by molar-refractivity contribution is 5.88. The van der Waals surface area contributed by atoms with Gasteiger partial charge >= 0.3 is 0 Å². The van der Waals surface area contributed by atoms with Gasteiger partial charge in [-0.3, -0.25) is 9.48 Å². The molecule has 0 unspecified atom stereocenters. The molecule has 1 heterocycles. The summed E-state index contributed by atoms with van der Waals surface area (Å²) in [7, 11) is 1.65. The first kappa shape index (κ1) is 7.67. The summed E-state index contributed by atoms with van der Waals surface area (Å²) in [6.45, 7) is 0.247. The molecule has 1 aromatic heterocycles. The van der Waals surface area contributed by atoms with Gasteiger partial charge in [0.1, 0.15) is 5.82 Å². The quantitative estimate of drug-likeness (QED) is 0.535. The van der Waals surface area contributed by atoms with E-state index in [0.29, 0.717) is 5.82 Å². The number of hydrogen-bond acceptors (Lipinski definition) is 4. The highest BCUT2D eigenvalue weighted by atomic mass is 16.1. The van der Waals surface area contributed by atoms with Crippen LogP contribution >= 0.6 is 0 Å². The van der Waals surface area contributed by atoms with E-state index in [1.807, 2.05) is 0 Å². The SMILES string of the molecule is Cn1nc(C(N)=O)nc1CN. The van der Waals surface area contributed by atoms with Gasteiger partial charge in [0.25, 0.3) is 5.91 Å². The van der Waals surface area contributed by atoms with E-state index in [1.165, 1.54) is 4.68 Å². The van der Waals surface area contributed by atoms with Gasteiger partial charge in [-0.2, -0.15) is 0 Å². The molecule has 0 aliphatic rings. The fourth-order valence-corrected chi connectivity index (χ4v) is 0.699. The van der Waals surface area contributed by atoms with Crippen molar-refractivity contribution in [3.05, 3.63) is 11.6 Å². The van der Waals surface area contributed by atoms with Crippen LogP contribution in [0.25, 0.3) is 0 Å². The third-order valence-electron chi connectivity index (χ3n) is 1.26. The molecule has 6 heteroatoms. The Bertz CT molecular complexity index is 278. The second kappa shape index (κ2) is 2.67. The predicted octanol–water partition coefficient (Wildman–Crippen LogP) is -1.63. The minimum Gasteiger partial charge on any atom is -0.363 e. The number of carbonyl (C=O) groups is 1. The Morgan fingerprint density at radius 3 is 2.64 bits per heavy atom. The van der Waals surface area contributed by atoms with Crippen LogP contribution in [0.5, 0.6) is 0 Å². The van der Waals surface area contributed by atoms with E-state index in [4.69, 9.17) is 11.5 Å². The molecule has 0 saturated carbocycles. The van der Waals surface area contributed by atoms with E-state index in [-0.39, 0.29) is 12.4 Å². The van der Waals surface area contributed by atoms with Crippen LogP contribution in [0.15, 0.2) is 0 Å². The maximum absolute atomic E-state index is 10.5. The topological polar surface area (TPSA) is 99.8 Å². The first-order chi connectivity index (χ1) is 5.15. The number of nitrogens with two attached hydrogens (primary N) is 2. The van der Waals surface area contributed by atoms with Gasteiger partial charge < -0.3 is 11.5 Å². The Labute approximate surface area is 63.2 Å². The molecule has 0 spiro atoms. The Balaban J connectivity index is 3.05. The first-order valence-corrected chi connectivity index (χ1v) is 3.05. The smallest absolute Gasteiger partial charge is 0.288 e. The lowest BCUT2D eigenvalue weighted by molar-refractivity contribution is 0.0990. The molecule has 0 fully saturated rings. The molecule has 6 nitrogen and oxygen atoms in total. The molecule has 1 aromatic rings. The number of nitrogens with zero attached hydrogens (tertiary/aromatic N) is 3. The molecular weight excluding hydrogens is 146 g/mol. The molecule has 4 N–H and O–H groups in total. The molecule has 0 radical (unpaired) electrons. The monoisotopic (exact) mass is 155 g/mol. The molecular formula is C5H9N5O. The van der Waals surface area contributed by atoms with E-state index in [9.17, 15) is 4.79 Å². The summed E-state index contributed by atoms with van der Waals surface area (Å²) in [6, 6.07) is 0. The normalized spacial score (nSPS) is 10.0. The lowest BCUT2D eigenvalue weighted by Gasteiger charge is -1.90. The minimum absolute atomic E-state index is 0.00736. The van der Waals surface area contributed by atoms with E-state index < -0.39 is 5.91 Å². The average Bonchev–Trinajstić information content (AvgIpc) is 2.31. The summed E-state index contributed by atoms with van der Waals surface area (Å²) in [5.41, 5.74) is 10.2. The molecule has 0 aliphatic carbocycles. The Hall–Kier alpha value is -1.43. The number of rotatable bonds is 2. The zero-order valence-corrected chi connectivity index (χ0v) is 6.11. The molecule has 0 aliphatic heterocycles. The first-order valence-electron chi connectivity index (χ1n) is 3.05. The Morgan fingerprint density at radius 1 is 1.73 bits per heavy atom.